The first-order chi connectivity index (χ1) is 32.0. The molecule has 2 aromatic rings. The summed E-state index contributed by atoms with van der Waals surface area (Å²) in [6.45, 7) is 2.59. The summed E-state index contributed by atoms with van der Waals surface area (Å²) in [5.41, 5.74) is 4.25. The van der Waals surface area contributed by atoms with Gasteiger partial charge in [0.05, 0.1) is 19.5 Å². The van der Waals surface area contributed by atoms with Crippen LogP contribution in [0.15, 0.2) is 12.7 Å². The van der Waals surface area contributed by atoms with E-state index in [1.165, 1.54) is 78.1 Å². The zero-order valence-electron chi connectivity index (χ0n) is 38.7. The van der Waals surface area contributed by atoms with E-state index in [4.69, 9.17) is 19.5 Å². The smallest absolute Gasteiger partial charge is 0.386 e. The van der Waals surface area contributed by atoms with Crippen molar-refractivity contribution in [3.63, 3.8) is 0 Å². The molecule has 0 aromatic carbocycles. The normalized spacial score (nSPS) is 20.4. The van der Waals surface area contributed by atoms with Crippen molar-refractivity contribution < 1.29 is 85.6 Å². The second-order valence-electron chi connectivity index (χ2n) is 17.1. The number of aliphatic hydroxyl groups excluding tert-OH is 3. The number of phosphoric ester groups is 3. The molecule has 0 spiro atoms. The van der Waals surface area contributed by atoms with Crippen LogP contribution in [0.2, 0.25) is 0 Å². The molecule has 0 bridgehead atoms. The van der Waals surface area contributed by atoms with E-state index in [0.717, 1.165) is 54.7 Å². The van der Waals surface area contributed by atoms with Crippen LogP contribution in [0, 0.1) is 5.41 Å². The van der Waals surface area contributed by atoms with Crippen LogP contribution in [0.1, 0.15) is 130 Å². The molecule has 3 rings (SSSR count). The Balaban J connectivity index is 1.31. The van der Waals surface area contributed by atoms with Crippen molar-refractivity contribution in [2.24, 2.45) is 5.41 Å². The van der Waals surface area contributed by atoms with E-state index in [2.05, 4.69) is 41.3 Å². The number of fused-ring (bicyclic) bond motifs is 1. The van der Waals surface area contributed by atoms with E-state index < -0.39 is 90.7 Å². The van der Waals surface area contributed by atoms with Crippen molar-refractivity contribution in [1.29, 1.82) is 0 Å². The number of unbranched alkanes of at least 4 members (excludes halogenated alkanes) is 13. The van der Waals surface area contributed by atoms with Crippen molar-refractivity contribution in [2.75, 3.05) is 37.8 Å². The fraction of sp³-hybridized carbons (Fsp3) is 0.795. The van der Waals surface area contributed by atoms with Crippen molar-refractivity contribution in [3.05, 3.63) is 12.7 Å². The molecule has 68 heavy (non-hydrogen) atoms. The summed E-state index contributed by atoms with van der Waals surface area (Å²) in [4.78, 5) is 88.5. The highest BCUT2D eigenvalue weighted by molar-refractivity contribution is 8.13. The Labute approximate surface area is 399 Å². The third-order valence-corrected chi connectivity index (χ3v) is 14.9. The lowest BCUT2D eigenvalue weighted by Crippen LogP contribution is -2.46. The first kappa shape index (κ1) is 59.8. The van der Waals surface area contributed by atoms with Gasteiger partial charge in [-0.1, -0.05) is 122 Å². The summed E-state index contributed by atoms with van der Waals surface area (Å²) in [6, 6.07) is 0. The van der Waals surface area contributed by atoms with Gasteiger partial charge in [-0.2, -0.15) is 4.31 Å². The summed E-state index contributed by atoms with van der Waals surface area (Å²) >= 11 is 0.915. The Morgan fingerprint density at radius 3 is 2.06 bits per heavy atom. The third-order valence-electron chi connectivity index (χ3n) is 10.8. The number of amides is 2. The topological polar surface area (TPSA) is 384 Å². The number of aromatic nitrogens is 4. The lowest BCUT2D eigenvalue weighted by atomic mass is 9.87. The number of hydrogen-bond donors (Lipinski definition) is 10. The number of nitrogens with zero attached hydrogens (tertiary/aromatic N) is 4. The monoisotopic (exact) mass is 1050 g/mol. The van der Waals surface area contributed by atoms with Crippen LogP contribution in [0.5, 0.6) is 0 Å². The predicted octanol–water partition coefficient (Wildman–Crippen LogP) is 3.90. The van der Waals surface area contributed by atoms with Gasteiger partial charge in [0.15, 0.2) is 17.7 Å². The van der Waals surface area contributed by atoms with Gasteiger partial charge >= 0.3 is 23.5 Å². The number of rotatable bonds is 35. The number of imidazole rings is 1. The van der Waals surface area contributed by atoms with Gasteiger partial charge in [-0.15, -0.1) is 0 Å². The van der Waals surface area contributed by atoms with E-state index >= 15 is 0 Å². The molecule has 1 saturated heterocycles. The van der Waals surface area contributed by atoms with Gasteiger partial charge < -0.3 is 56.0 Å². The van der Waals surface area contributed by atoms with E-state index in [9.17, 15) is 63.0 Å². The van der Waals surface area contributed by atoms with Gasteiger partial charge in [-0.05, 0) is 6.42 Å². The molecule has 1 fully saturated rings. The molecular formula is C39H70N7O18P3S. The maximum absolute atomic E-state index is 12.7. The van der Waals surface area contributed by atoms with Crippen LogP contribution in [0.25, 0.3) is 11.2 Å². The van der Waals surface area contributed by atoms with Crippen LogP contribution < -0.4 is 16.4 Å². The molecule has 3 heterocycles. The Morgan fingerprint density at radius 1 is 0.868 bits per heavy atom. The first-order valence-corrected chi connectivity index (χ1v) is 28.2. The minimum atomic E-state index is -5.59. The molecular weight excluding hydrogens is 979 g/mol. The summed E-state index contributed by atoms with van der Waals surface area (Å²) in [5, 5.41) is 36.4. The van der Waals surface area contributed by atoms with Crippen molar-refractivity contribution in [1.82, 2.24) is 30.2 Å². The minimum absolute atomic E-state index is 0.0279. The van der Waals surface area contributed by atoms with Gasteiger partial charge in [-0.25, -0.2) is 28.6 Å². The number of carbonyl (C=O) groups excluding carboxylic acids is 3. The molecule has 0 saturated carbocycles. The lowest BCUT2D eigenvalue weighted by Gasteiger charge is -2.30. The van der Waals surface area contributed by atoms with E-state index in [0.29, 0.717) is 6.42 Å². The average Bonchev–Trinajstić information content (AvgIpc) is 3.83. The van der Waals surface area contributed by atoms with E-state index in [-0.39, 0.29) is 47.4 Å². The lowest BCUT2D eigenvalue weighted by molar-refractivity contribution is -0.137. The molecule has 2 amide bonds. The highest BCUT2D eigenvalue weighted by Crippen LogP contribution is 2.61. The van der Waals surface area contributed by atoms with E-state index in [1.807, 2.05) is 0 Å². The highest BCUT2D eigenvalue weighted by Gasteiger charge is 2.50. The molecule has 1 aliphatic heterocycles. The summed E-state index contributed by atoms with van der Waals surface area (Å²) in [5.74, 6) is -1.28. The zero-order chi connectivity index (χ0) is 50.5. The van der Waals surface area contributed by atoms with E-state index in [1.54, 1.807) is 0 Å². The molecule has 2 unspecified atom stereocenters. The Hall–Kier alpha value is -2.48. The predicted molar refractivity (Wildman–Crippen MR) is 248 cm³/mol. The molecule has 1 aliphatic rings. The van der Waals surface area contributed by atoms with Gasteiger partial charge in [0.25, 0.3) is 0 Å². The number of nitrogens with two attached hydrogens (primary N) is 1. The number of hydrogen-bond acceptors (Lipinski definition) is 19. The number of anilines is 1. The number of thioether (sulfide) groups is 1. The van der Waals surface area contributed by atoms with Crippen LogP contribution in [-0.4, -0.2) is 134 Å². The van der Waals surface area contributed by atoms with Crippen molar-refractivity contribution in [3.8, 4) is 0 Å². The number of nitrogens with one attached hydrogen (secondary N) is 2. The number of carbonyl (C=O) groups is 3. The Kier molecular flexibility index (Phi) is 25.6. The number of aliphatic hydroxyl groups is 3. The van der Waals surface area contributed by atoms with Crippen molar-refractivity contribution >= 4 is 69.1 Å². The molecule has 8 atom stereocenters. The Bertz CT molecular complexity index is 2030. The van der Waals surface area contributed by atoms with Crippen LogP contribution in [-0.2, 0) is 50.7 Å². The van der Waals surface area contributed by atoms with Crippen LogP contribution >= 0.6 is 35.2 Å². The maximum atomic E-state index is 12.7. The largest absolute Gasteiger partial charge is 0.481 e. The number of nitrogen functional groups attached to an aromatic ring is 1. The standard InChI is InChI=1S/C39H70N7O18P3S/c1-4-5-6-7-8-9-10-11-12-13-14-15-16-17-18-27(47)38(52)68-22-21-41-29(48)19-20-42-36(51)33(50)39(2,3)24-61-67(58,59)64-66(56,57)60-23-28-32(63-65(53,54)55)31(49)37(62-28)46-26-45-30-34(40)43-25-44-35(30)46/h25-28,31-33,37,47,49-50H,4-24H2,1-3H3,(H,41,48)(H,42,51)(H,56,57)(H,58,59)(H2,40,43,44)(H2,53,54,55)/t27-,28-,31-,32-,33+,37-/m1/s1. The quantitative estimate of drug-likeness (QED) is 0.0346. The zero-order valence-corrected chi connectivity index (χ0v) is 42.2. The molecule has 29 heteroatoms. The minimum Gasteiger partial charge on any atom is -0.386 e. The Morgan fingerprint density at radius 2 is 1.46 bits per heavy atom. The molecule has 2 aromatic heterocycles. The first-order valence-electron chi connectivity index (χ1n) is 22.7. The van der Waals surface area contributed by atoms with Crippen LogP contribution in [0.3, 0.4) is 0 Å². The summed E-state index contributed by atoms with van der Waals surface area (Å²) in [6.07, 6.45) is 9.23. The van der Waals surface area contributed by atoms with Gasteiger partial charge in [0.2, 0.25) is 16.9 Å². The fourth-order valence-corrected chi connectivity index (χ4v) is 10.6. The van der Waals surface area contributed by atoms with Gasteiger partial charge in [0, 0.05) is 30.7 Å². The molecule has 390 valence electrons. The third kappa shape index (κ3) is 21.5. The fourth-order valence-electron chi connectivity index (χ4n) is 7.03. The van der Waals surface area contributed by atoms with Crippen molar-refractivity contribution in [2.45, 2.75) is 160 Å². The maximum Gasteiger partial charge on any atom is 0.481 e. The molecule has 0 radical (unpaired) electrons. The second-order valence-corrected chi connectivity index (χ2v) is 22.5. The number of phosphoric acid groups is 3. The SMILES string of the molecule is CCCCCCCCCCCCCCCC[C@@H](O)C(=O)SCCNC(=O)CCNC(=O)[C@H](O)C(C)(C)COP(=O)(O)OP(=O)(O)OC[C@H]1O[C@@H](n2cnc3c(N)ncnc32)[C@H](O)[C@@H]1OP(=O)(O)O. The summed E-state index contributed by atoms with van der Waals surface area (Å²) < 4.78 is 62.4. The number of ether oxygens (including phenoxy) is 1. The van der Waals surface area contributed by atoms with Gasteiger partial charge in [0.1, 0.15) is 42.4 Å². The second kappa shape index (κ2) is 29.1. The van der Waals surface area contributed by atoms with Gasteiger partial charge in [-0.3, -0.25) is 32.5 Å². The molecule has 11 N–H and O–H groups in total. The average molecular weight is 1050 g/mol. The summed E-state index contributed by atoms with van der Waals surface area (Å²) in [7, 11) is -16.4. The van der Waals surface area contributed by atoms with Crippen LogP contribution in [0.4, 0.5) is 5.82 Å². The molecule has 25 nitrogen and oxygen atoms in total. The molecule has 0 aliphatic carbocycles. The highest BCUT2D eigenvalue weighted by atomic mass is 32.2.